The molecule has 0 atom stereocenters. The number of imidazole rings is 1. The fraction of sp³-hybridized carbons (Fsp3) is 0.200. The van der Waals surface area contributed by atoms with Crippen LogP contribution in [-0.2, 0) is 6.54 Å². The van der Waals surface area contributed by atoms with Crippen molar-refractivity contribution in [1.82, 2.24) is 14.5 Å². The third-order valence-electron chi connectivity index (χ3n) is 3.38. The van der Waals surface area contributed by atoms with Gasteiger partial charge in [0.25, 0.3) is 0 Å². The molecule has 1 aromatic carbocycles. The van der Waals surface area contributed by atoms with E-state index in [-0.39, 0.29) is 0 Å². The number of aromatic nitrogens is 3. The van der Waals surface area contributed by atoms with E-state index in [1.165, 1.54) is 11.1 Å². The van der Waals surface area contributed by atoms with Gasteiger partial charge in [0.15, 0.2) is 0 Å². The molecule has 0 radical (unpaired) electrons. The molecule has 0 N–H and O–H groups in total. The Morgan fingerprint density at radius 1 is 1.11 bits per heavy atom. The summed E-state index contributed by atoms with van der Waals surface area (Å²) < 4.78 is 2.13. The molecule has 3 nitrogen and oxygen atoms in total. The normalized spacial score (nSPS) is 11.1. The Kier molecular flexibility index (Phi) is 2.99. The van der Waals surface area contributed by atoms with Crippen molar-refractivity contribution in [3.63, 3.8) is 0 Å². The molecule has 4 heteroatoms. The van der Waals surface area contributed by atoms with Crippen LogP contribution >= 0.6 is 11.6 Å². The third-order valence-corrected chi connectivity index (χ3v) is 3.60. The first-order valence-electron chi connectivity index (χ1n) is 6.16. The van der Waals surface area contributed by atoms with Crippen LogP contribution < -0.4 is 0 Å². The zero-order valence-corrected chi connectivity index (χ0v) is 11.6. The molecule has 3 rings (SSSR count). The largest absolute Gasteiger partial charge is 0.326 e. The molecule has 0 amide bonds. The summed E-state index contributed by atoms with van der Waals surface area (Å²) >= 11 is 5.80. The summed E-state index contributed by atoms with van der Waals surface area (Å²) in [5.41, 5.74) is 5.85. The lowest BCUT2D eigenvalue weighted by Crippen LogP contribution is -1.98. The second-order valence-corrected chi connectivity index (χ2v) is 5.17. The molecule has 19 heavy (non-hydrogen) atoms. The van der Waals surface area contributed by atoms with E-state index in [1.807, 2.05) is 18.5 Å². The lowest BCUT2D eigenvalue weighted by molar-refractivity contribution is 0.819. The van der Waals surface area contributed by atoms with Gasteiger partial charge in [0.05, 0.1) is 23.9 Å². The molecule has 0 fully saturated rings. The van der Waals surface area contributed by atoms with Crippen LogP contribution in [0.5, 0.6) is 0 Å². The van der Waals surface area contributed by atoms with Crippen molar-refractivity contribution in [2.45, 2.75) is 20.4 Å². The van der Waals surface area contributed by atoms with E-state index in [2.05, 4.69) is 40.5 Å². The number of pyridine rings is 1. The quantitative estimate of drug-likeness (QED) is 0.665. The van der Waals surface area contributed by atoms with Crippen molar-refractivity contribution < 1.29 is 0 Å². The van der Waals surface area contributed by atoms with Gasteiger partial charge in [-0.1, -0.05) is 17.7 Å². The average molecular weight is 272 g/mol. The van der Waals surface area contributed by atoms with Crippen molar-refractivity contribution in [2.75, 3.05) is 0 Å². The van der Waals surface area contributed by atoms with Crippen molar-refractivity contribution in [1.29, 1.82) is 0 Å². The van der Waals surface area contributed by atoms with Crippen LogP contribution in [0.25, 0.3) is 11.0 Å². The molecular weight excluding hydrogens is 258 g/mol. The van der Waals surface area contributed by atoms with Gasteiger partial charge in [-0.05, 0) is 48.7 Å². The van der Waals surface area contributed by atoms with E-state index in [9.17, 15) is 0 Å². The smallest absolute Gasteiger partial charge is 0.129 e. The first kappa shape index (κ1) is 12.2. The summed E-state index contributed by atoms with van der Waals surface area (Å²) in [5.74, 6) is 0. The van der Waals surface area contributed by atoms with Crippen LogP contribution in [0.15, 0.2) is 36.8 Å². The summed E-state index contributed by atoms with van der Waals surface area (Å²) in [4.78, 5) is 8.55. The minimum absolute atomic E-state index is 0.519. The number of hydrogen-bond donors (Lipinski definition) is 0. The van der Waals surface area contributed by atoms with Gasteiger partial charge < -0.3 is 4.57 Å². The van der Waals surface area contributed by atoms with E-state index in [0.29, 0.717) is 5.15 Å². The van der Waals surface area contributed by atoms with Crippen molar-refractivity contribution in [2.24, 2.45) is 0 Å². The monoisotopic (exact) mass is 271 g/mol. The average Bonchev–Trinajstić information content (AvgIpc) is 2.76. The molecule has 0 unspecified atom stereocenters. The van der Waals surface area contributed by atoms with E-state index in [1.54, 1.807) is 6.20 Å². The van der Waals surface area contributed by atoms with Gasteiger partial charge in [0, 0.05) is 6.20 Å². The highest BCUT2D eigenvalue weighted by molar-refractivity contribution is 6.29. The standard InChI is InChI=1S/C15H14ClN3/c1-10-5-13-14(6-11(10)2)19(9-18-13)8-12-3-4-15(16)17-7-12/h3-7,9H,8H2,1-2H3. The molecule has 0 saturated heterocycles. The maximum Gasteiger partial charge on any atom is 0.129 e. The number of rotatable bonds is 2. The minimum Gasteiger partial charge on any atom is -0.326 e. The molecule has 96 valence electrons. The Balaban J connectivity index is 2.01. The van der Waals surface area contributed by atoms with Gasteiger partial charge in [-0.15, -0.1) is 0 Å². The molecule has 2 aromatic heterocycles. The molecule has 0 saturated carbocycles. The highest BCUT2D eigenvalue weighted by atomic mass is 35.5. The van der Waals surface area contributed by atoms with Gasteiger partial charge in [-0.2, -0.15) is 0 Å². The SMILES string of the molecule is Cc1cc2ncn(Cc3ccc(Cl)nc3)c2cc1C. The van der Waals surface area contributed by atoms with E-state index in [4.69, 9.17) is 11.6 Å². The summed E-state index contributed by atoms with van der Waals surface area (Å²) in [6.45, 7) is 4.98. The van der Waals surface area contributed by atoms with Gasteiger partial charge in [0.1, 0.15) is 5.15 Å². The molecular formula is C15H14ClN3. The summed E-state index contributed by atoms with van der Waals surface area (Å²) in [5, 5.41) is 0.519. The van der Waals surface area contributed by atoms with Crippen LogP contribution in [0.4, 0.5) is 0 Å². The van der Waals surface area contributed by atoms with Crippen LogP contribution in [0.2, 0.25) is 5.15 Å². The molecule has 2 heterocycles. The topological polar surface area (TPSA) is 30.7 Å². The number of halogens is 1. The van der Waals surface area contributed by atoms with E-state index in [0.717, 1.165) is 23.1 Å². The predicted molar refractivity (Wildman–Crippen MR) is 77.6 cm³/mol. The summed E-state index contributed by atoms with van der Waals surface area (Å²) in [7, 11) is 0. The summed E-state index contributed by atoms with van der Waals surface area (Å²) in [6.07, 6.45) is 3.67. The maximum atomic E-state index is 5.80. The number of hydrogen-bond acceptors (Lipinski definition) is 2. The van der Waals surface area contributed by atoms with Crippen LogP contribution in [-0.4, -0.2) is 14.5 Å². The Morgan fingerprint density at radius 3 is 2.63 bits per heavy atom. The Morgan fingerprint density at radius 2 is 1.89 bits per heavy atom. The Labute approximate surface area is 116 Å². The van der Waals surface area contributed by atoms with Crippen LogP contribution in [0, 0.1) is 13.8 Å². The molecule has 0 aliphatic heterocycles. The summed E-state index contributed by atoms with van der Waals surface area (Å²) in [6, 6.07) is 8.11. The second kappa shape index (κ2) is 4.67. The Bertz CT molecular complexity index is 729. The van der Waals surface area contributed by atoms with Crippen LogP contribution in [0.1, 0.15) is 16.7 Å². The van der Waals surface area contributed by atoms with Crippen molar-refractivity contribution in [3.8, 4) is 0 Å². The van der Waals surface area contributed by atoms with Crippen molar-refractivity contribution in [3.05, 3.63) is 58.6 Å². The molecule has 0 aliphatic carbocycles. The Hall–Kier alpha value is -1.87. The van der Waals surface area contributed by atoms with Gasteiger partial charge in [0.2, 0.25) is 0 Å². The molecule has 3 aromatic rings. The number of benzene rings is 1. The second-order valence-electron chi connectivity index (χ2n) is 4.79. The molecule has 0 aliphatic rings. The number of fused-ring (bicyclic) bond motifs is 1. The van der Waals surface area contributed by atoms with Crippen molar-refractivity contribution >= 4 is 22.6 Å². The van der Waals surface area contributed by atoms with E-state index < -0.39 is 0 Å². The minimum atomic E-state index is 0.519. The first-order chi connectivity index (χ1) is 9.13. The van der Waals surface area contributed by atoms with Gasteiger partial charge >= 0.3 is 0 Å². The highest BCUT2D eigenvalue weighted by Gasteiger charge is 2.05. The van der Waals surface area contributed by atoms with Gasteiger partial charge in [-0.25, -0.2) is 9.97 Å². The first-order valence-corrected chi connectivity index (χ1v) is 6.54. The fourth-order valence-corrected chi connectivity index (χ4v) is 2.25. The van der Waals surface area contributed by atoms with Crippen LogP contribution in [0.3, 0.4) is 0 Å². The maximum absolute atomic E-state index is 5.80. The van der Waals surface area contributed by atoms with Gasteiger partial charge in [-0.3, -0.25) is 0 Å². The lowest BCUT2D eigenvalue weighted by atomic mass is 10.1. The zero-order chi connectivity index (χ0) is 13.4. The third kappa shape index (κ3) is 2.34. The van der Waals surface area contributed by atoms with E-state index >= 15 is 0 Å². The number of nitrogens with zero attached hydrogens (tertiary/aromatic N) is 3. The zero-order valence-electron chi connectivity index (χ0n) is 10.9. The molecule has 0 bridgehead atoms. The lowest BCUT2D eigenvalue weighted by Gasteiger charge is -2.06. The highest BCUT2D eigenvalue weighted by Crippen LogP contribution is 2.19. The number of aryl methyl sites for hydroxylation is 2. The predicted octanol–water partition coefficient (Wildman–Crippen LogP) is 3.75. The fourth-order valence-electron chi connectivity index (χ4n) is 2.14. The molecule has 0 spiro atoms.